The Balaban J connectivity index is 2.61. The van der Waals surface area contributed by atoms with Crippen LogP contribution in [0.5, 0.6) is 0 Å². The van der Waals surface area contributed by atoms with Crippen LogP contribution in [0.25, 0.3) is 0 Å². The minimum atomic E-state index is -0.730. The van der Waals surface area contributed by atoms with Crippen LogP contribution in [0, 0.1) is 22.5 Å². The number of nitro groups is 1. The minimum Gasteiger partial charge on any atom is -0.387 e. The molecule has 1 rings (SSSR count). The molecule has 0 spiro atoms. The molecule has 0 aliphatic heterocycles. The van der Waals surface area contributed by atoms with Gasteiger partial charge in [0.1, 0.15) is 0 Å². The summed E-state index contributed by atoms with van der Waals surface area (Å²) in [5.74, 6) is 2.48. The molecule has 0 saturated carbocycles. The average molecular weight is 234 g/mol. The zero-order valence-electron chi connectivity index (χ0n) is 9.46. The van der Waals surface area contributed by atoms with E-state index in [-0.39, 0.29) is 11.7 Å². The number of terminal acetylenes is 1. The fourth-order valence-electron chi connectivity index (χ4n) is 1.28. The Morgan fingerprint density at radius 2 is 2.12 bits per heavy atom. The van der Waals surface area contributed by atoms with Gasteiger partial charge in [-0.2, -0.15) is 0 Å². The summed E-state index contributed by atoms with van der Waals surface area (Å²) < 4.78 is 0. The summed E-state index contributed by atoms with van der Waals surface area (Å²) in [6.07, 6.45) is 4.45. The van der Waals surface area contributed by atoms with Gasteiger partial charge in [-0.25, -0.2) is 0 Å². The highest BCUT2D eigenvalue weighted by atomic mass is 16.6. The van der Waals surface area contributed by atoms with Crippen molar-refractivity contribution >= 4 is 5.69 Å². The number of hydrogen-bond acceptors (Lipinski definition) is 4. The number of benzene rings is 1. The number of aliphatic hydroxyl groups excluding tert-OH is 1. The Morgan fingerprint density at radius 3 is 2.59 bits per heavy atom. The van der Waals surface area contributed by atoms with E-state index >= 15 is 0 Å². The number of hydrogen-bond donors (Lipinski definition) is 2. The van der Waals surface area contributed by atoms with Crippen molar-refractivity contribution in [2.75, 3.05) is 6.54 Å². The number of aliphatic hydroxyl groups is 1. The van der Waals surface area contributed by atoms with Gasteiger partial charge in [-0.15, -0.1) is 6.42 Å². The van der Waals surface area contributed by atoms with Crippen LogP contribution in [0.15, 0.2) is 24.3 Å². The van der Waals surface area contributed by atoms with Gasteiger partial charge in [-0.3, -0.25) is 10.1 Å². The number of nitro benzene ring substituents is 1. The lowest BCUT2D eigenvalue weighted by molar-refractivity contribution is -0.384. The molecule has 1 aromatic carbocycles. The summed E-state index contributed by atoms with van der Waals surface area (Å²) in [5, 5.41) is 23.2. The van der Waals surface area contributed by atoms with Crippen LogP contribution in [-0.4, -0.2) is 22.6 Å². The molecule has 0 aromatic heterocycles. The van der Waals surface area contributed by atoms with Crippen LogP contribution in [0.2, 0.25) is 0 Å². The summed E-state index contributed by atoms with van der Waals surface area (Å²) in [6.45, 7) is 2.12. The molecule has 0 saturated heterocycles. The predicted molar refractivity (Wildman–Crippen MR) is 64.4 cm³/mol. The first-order valence-corrected chi connectivity index (χ1v) is 5.16. The number of nitrogens with one attached hydrogen (secondary N) is 1. The van der Waals surface area contributed by atoms with Gasteiger partial charge in [0.25, 0.3) is 5.69 Å². The Hall–Kier alpha value is -1.90. The van der Waals surface area contributed by atoms with Crippen molar-refractivity contribution in [2.24, 2.45) is 0 Å². The Morgan fingerprint density at radius 1 is 1.53 bits per heavy atom. The maximum Gasteiger partial charge on any atom is 0.269 e. The Bertz CT molecular complexity index is 422. The number of nitrogens with zero attached hydrogens (tertiary/aromatic N) is 1. The van der Waals surface area contributed by atoms with Gasteiger partial charge < -0.3 is 10.4 Å². The zero-order valence-corrected chi connectivity index (χ0v) is 9.46. The minimum absolute atomic E-state index is 0.00546. The van der Waals surface area contributed by atoms with E-state index in [1.807, 2.05) is 6.92 Å². The normalized spacial score (nSPS) is 13.7. The molecule has 2 unspecified atom stereocenters. The van der Waals surface area contributed by atoms with Gasteiger partial charge in [-0.1, -0.05) is 5.92 Å². The molecule has 0 bridgehead atoms. The SMILES string of the molecule is C#CC(C)NCC(O)c1ccc([N+](=O)[O-])cc1. The second kappa shape index (κ2) is 5.99. The van der Waals surface area contributed by atoms with Crippen LogP contribution < -0.4 is 5.32 Å². The molecular weight excluding hydrogens is 220 g/mol. The molecule has 1 aromatic rings. The number of non-ortho nitro benzene ring substituents is 1. The first kappa shape index (κ1) is 13.2. The quantitative estimate of drug-likeness (QED) is 0.456. The molecule has 5 nitrogen and oxygen atoms in total. The van der Waals surface area contributed by atoms with Crippen molar-refractivity contribution in [3.05, 3.63) is 39.9 Å². The fraction of sp³-hybridized carbons (Fsp3) is 0.333. The van der Waals surface area contributed by atoms with Crippen LogP contribution in [0.4, 0.5) is 5.69 Å². The van der Waals surface area contributed by atoms with E-state index in [1.165, 1.54) is 24.3 Å². The summed E-state index contributed by atoms with van der Waals surface area (Å²) in [7, 11) is 0. The third-order valence-electron chi connectivity index (χ3n) is 2.36. The molecule has 0 amide bonds. The summed E-state index contributed by atoms with van der Waals surface area (Å²) in [5.41, 5.74) is 0.623. The van der Waals surface area contributed by atoms with Gasteiger partial charge >= 0.3 is 0 Å². The topological polar surface area (TPSA) is 75.4 Å². The van der Waals surface area contributed by atoms with Gasteiger partial charge in [-0.05, 0) is 24.6 Å². The predicted octanol–water partition coefficient (Wildman–Crippen LogP) is 1.24. The maximum absolute atomic E-state index is 10.4. The lowest BCUT2D eigenvalue weighted by atomic mass is 10.1. The lowest BCUT2D eigenvalue weighted by Gasteiger charge is -2.13. The van der Waals surface area contributed by atoms with E-state index in [0.29, 0.717) is 12.1 Å². The molecule has 0 radical (unpaired) electrons. The average Bonchev–Trinajstić information content (AvgIpc) is 2.35. The van der Waals surface area contributed by atoms with E-state index in [4.69, 9.17) is 6.42 Å². The molecule has 5 heteroatoms. The van der Waals surface area contributed by atoms with Gasteiger partial charge in [0.05, 0.1) is 17.1 Å². The third-order valence-corrected chi connectivity index (χ3v) is 2.36. The summed E-state index contributed by atoms with van der Waals surface area (Å²) in [4.78, 5) is 9.97. The summed E-state index contributed by atoms with van der Waals surface area (Å²) >= 11 is 0. The highest BCUT2D eigenvalue weighted by Gasteiger charge is 2.10. The molecule has 0 aliphatic carbocycles. The molecular formula is C12H14N2O3. The van der Waals surface area contributed by atoms with Crippen LogP contribution in [0.3, 0.4) is 0 Å². The lowest BCUT2D eigenvalue weighted by Crippen LogP contribution is -2.29. The van der Waals surface area contributed by atoms with Crippen molar-refractivity contribution in [1.29, 1.82) is 0 Å². The van der Waals surface area contributed by atoms with Crippen molar-refractivity contribution in [3.8, 4) is 12.3 Å². The monoisotopic (exact) mass is 234 g/mol. The molecule has 0 heterocycles. The Labute approximate surface area is 99.6 Å². The maximum atomic E-state index is 10.4. The van der Waals surface area contributed by atoms with Gasteiger partial charge in [0.15, 0.2) is 0 Å². The molecule has 17 heavy (non-hydrogen) atoms. The summed E-state index contributed by atoms with van der Waals surface area (Å²) in [6, 6.07) is 5.67. The van der Waals surface area contributed by atoms with E-state index in [2.05, 4.69) is 11.2 Å². The molecule has 2 atom stereocenters. The van der Waals surface area contributed by atoms with Gasteiger partial charge in [0.2, 0.25) is 0 Å². The van der Waals surface area contributed by atoms with E-state index in [9.17, 15) is 15.2 Å². The first-order chi connectivity index (χ1) is 8.04. The highest BCUT2D eigenvalue weighted by molar-refractivity contribution is 5.33. The molecule has 90 valence electrons. The highest BCUT2D eigenvalue weighted by Crippen LogP contribution is 2.17. The molecule has 0 fully saturated rings. The van der Waals surface area contributed by atoms with Crippen molar-refractivity contribution in [2.45, 2.75) is 19.1 Å². The van der Waals surface area contributed by atoms with Crippen LogP contribution in [-0.2, 0) is 0 Å². The van der Waals surface area contributed by atoms with E-state index in [1.54, 1.807) is 0 Å². The zero-order chi connectivity index (χ0) is 12.8. The standard InChI is InChI=1S/C12H14N2O3/c1-3-9(2)13-8-12(15)10-4-6-11(7-5-10)14(16)17/h1,4-7,9,12-13,15H,8H2,2H3. The largest absolute Gasteiger partial charge is 0.387 e. The van der Waals surface area contributed by atoms with Crippen molar-refractivity contribution < 1.29 is 10.0 Å². The second-order valence-corrected chi connectivity index (χ2v) is 3.66. The Kier molecular flexibility index (Phi) is 4.64. The van der Waals surface area contributed by atoms with Crippen LogP contribution in [0.1, 0.15) is 18.6 Å². The second-order valence-electron chi connectivity index (χ2n) is 3.66. The smallest absolute Gasteiger partial charge is 0.269 e. The molecule has 0 aliphatic rings. The molecule has 2 N–H and O–H groups in total. The first-order valence-electron chi connectivity index (χ1n) is 5.16. The van der Waals surface area contributed by atoms with E-state index < -0.39 is 11.0 Å². The van der Waals surface area contributed by atoms with Crippen LogP contribution >= 0.6 is 0 Å². The number of rotatable bonds is 5. The van der Waals surface area contributed by atoms with Crippen molar-refractivity contribution in [3.63, 3.8) is 0 Å². The van der Waals surface area contributed by atoms with Gasteiger partial charge in [0, 0.05) is 18.7 Å². The fourth-order valence-corrected chi connectivity index (χ4v) is 1.28. The third kappa shape index (κ3) is 3.87. The van der Waals surface area contributed by atoms with Crippen molar-refractivity contribution in [1.82, 2.24) is 5.32 Å². The van der Waals surface area contributed by atoms with E-state index in [0.717, 1.165) is 0 Å².